The SMILES string of the molecule is N[C@@H]1C[C@H](N)CN(c2nc(Nc3ccc(NC(=O)c4ccc(N5Cc6ccccc6C5)cc4O)c(Cl)c3)nc(N3C[C@H](N)C[C@H](N)C3)n2)C1. The Balaban J connectivity index is 1.07. The van der Waals surface area contributed by atoms with E-state index in [1.807, 2.05) is 28.0 Å². The first-order valence-corrected chi connectivity index (χ1v) is 16.8. The Morgan fingerprint density at radius 1 is 0.755 bits per heavy atom. The number of aromatic hydroxyl groups is 1. The van der Waals surface area contributed by atoms with Gasteiger partial charge in [0.25, 0.3) is 5.91 Å². The van der Waals surface area contributed by atoms with Gasteiger partial charge in [-0.3, -0.25) is 4.79 Å². The summed E-state index contributed by atoms with van der Waals surface area (Å²) in [5.41, 5.74) is 29.5. The lowest BCUT2D eigenvalue weighted by Crippen LogP contribution is -2.54. The topological polar surface area (TPSA) is 214 Å². The van der Waals surface area contributed by atoms with Crippen LogP contribution >= 0.6 is 11.6 Å². The number of nitrogens with zero attached hydrogens (tertiary/aromatic N) is 6. The molecule has 15 heteroatoms. The van der Waals surface area contributed by atoms with Crippen LogP contribution in [0.5, 0.6) is 5.75 Å². The number of hydrogen-bond acceptors (Lipinski definition) is 13. The van der Waals surface area contributed by atoms with E-state index in [9.17, 15) is 9.90 Å². The fourth-order valence-electron chi connectivity index (χ4n) is 6.81. The van der Waals surface area contributed by atoms with Crippen molar-refractivity contribution >= 4 is 52.4 Å². The summed E-state index contributed by atoms with van der Waals surface area (Å²) in [6.07, 6.45) is 1.44. The molecule has 2 saturated heterocycles. The maximum absolute atomic E-state index is 13.2. The molecule has 0 spiro atoms. The summed E-state index contributed by atoms with van der Waals surface area (Å²) in [6.45, 7) is 3.71. The van der Waals surface area contributed by atoms with E-state index < -0.39 is 5.91 Å². The highest BCUT2D eigenvalue weighted by atomic mass is 35.5. The lowest BCUT2D eigenvalue weighted by molar-refractivity contribution is 0.102. The Labute approximate surface area is 289 Å². The minimum absolute atomic E-state index is 0.110. The number of amides is 1. The van der Waals surface area contributed by atoms with Gasteiger partial charge in [-0.15, -0.1) is 0 Å². The number of anilines is 6. The highest BCUT2D eigenvalue weighted by Gasteiger charge is 2.29. The van der Waals surface area contributed by atoms with Crippen LogP contribution in [0, 0.1) is 0 Å². The van der Waals surface area contributed by atoms with Crippen molar-refractivity contribution in [3.8, 4) is 5.75 Å². The van der Waals surface area contributed by atoms with E-state index in [1.165, 1.54) is 11.1 Å². The molecule has 11 N–H and O–H groups in total. The van der Waals surface area contributed by atoms with Crippen LogP contribution in [0.1, 0.15) is 34.3 Å². The van der Waals surface area contributed by atoms with Gasteiger partial charge >= 0.3 is 0 Å². The second-order valence-electron chi connectivity index (χ2n) is 13.2. The zero-order chi connectivity index (χ0) is 34.2. The van der Waals surface area contributed by atoms with E-state index in [4.69, 9.17) is 49.5 Å². The van der Waals surface area contributed by atoms with Gasteiger partial charge < -0.3 is 53.4 Å². The van der Waals surface area contributed by atoms with Crippen LogP contribution in [0.3, 0.4) is 0 Å². The molecule has 0 aliphatic carbocycles. The van der Waals surface area contributed by atoms with Crippen LogP contribution in [-0.4, -0.2) is 76.3 Å². The highest BCUT2D eigenvalue weighted by Crippen LogP contribution is 2.33. The summed E-state index contributed by atoms with van der Waals surface area (Å²) < 4.78 is 0. The van der Waals surface area contributed by atoms with Gasteiger partial charge in [-0.25, -0.2) is 0 Å². The quantitative estimate of drug-likeness (QED) is 0.149. The molecule has 0 saturated carbocycles. The Hall–Kier alpha value is -4.73. The zero-order valence-electron chi connectivity index (χ0n) is 27.0. The minimum atomic E-state index is -0.487. The average Bonchev–Trinajstić information content (AvgIpc) is 3.49. The van der Waals surface area contributed by atoms with Crippen molar-refractivity contribution in [3.05, 3.63) is 82.4 Å². The van der Waals surface area contributed by atoms with Gasteiger partial charge in [0, 0.05) is 80.9 Å². The van der Waals surface area contributed by atoms with Gasteiger partial charge in [-0.1, -0.05) is 35.9 Å². The maximum atomic E-state index is 13.2. The fraction of sp³-hybridized carbons (Fsp3) is 0.353. The number of halogens is 1. The largest absolute Gasteiger partial charge is 0.507 e. The number of phenols is 1. The number of aromatic nitrogens is 3. The third-order valence-electron chi connectivity index (χ3n) is 9.11. The zero-order valence-corrected chi connectivity index (χ0v) is 27.7. The third kappa shape index (κ3) is 7.33. The number of phenolic OH excluding ortho intramolecular Hbond substituents is 1. The van der Waals surface area contributed by atoms with E-state index in [0.29, 0.717) is 55.4 Å². The number of carbonyl (C=O) groups excluding carboxylic acids is 1. The molecule has 3 aliphatic heterocycles. The molecular weight excluding hydrogens is 644 g/mol. The van der Waals surface area contributed by atoms with Crippen LogP contribution in [0.15, 0.2) is 60.7 Å². The Morgan fingerprint density at radius 3 is 1.86 bits per heavy atom. The van der Waals surface area contributed by atoms with Gasteiger partial charge in [0.15, 0.2) is 0 Å². The number of nitrogens with one attached hydrogen (secondary N) is 2. The van der Waals surface area contributed by atoms with E-state index in [0.717, 1.165) is 31.6 Å². The predicted molar refractivity (Wildman–Crippen MR) is 193 cm³/mol. The molecule has 4 heterocycles. The predicted octanol–water partition coefficient (Wildman–Crippen LogP) is 2.48. The molecule has 2 fully saturated rings. The van der Waals surface area contributed by atoms with Crippen molar-refractivity contribution < 1.29 is 9.90 Å². The normalized spacial score (nSPS) is 22.2. The van der Waals surface area contributed by atoms with Crippen molar-refractivity contribution in [2.45, 2.75) is 50.1 Å². The molecule has 49 heavy (non-hydrogen) atoms. The van der Waals surface area contributed by atoms with Crippen LogP contribution in [-0.2, 0) is 13.1 Å². The molecular formula is C34H41ClN12O2. The Kier molecular flexibility index (Phi) is 9.13. The maximum Gasteiger partial charge on any atom is 0.259 e. The lowest BCUT2D eigenvalue weighted by atomic mass is 10.0. The molecule has 0 bridgehead atoms. The van der Waals surface area contributed by atoms with Crippen LogP contribution in [0.4, 0.5) is 34.9 Å². The summed E-state index contributed by atoms with van der Waals surface area (Å²) in [5.74, 6) is 0.577. The summed E-state index contributed by atoms with van der Waals surface area (Å²) >= 11 is 6.64. The molecule has 0 radical (unpaired) electrons. The first-order chi connectivity index (χ1) is 23.6. The second-order valence-corrected chi connectivity index (χ2v) is 13.6. The smallest absolute Gasteiger partial charge is 0.259 e. The monoisotopic (exact) mass is 684 g/mol. The number of carbonyl (C=O) groups is 1. The van der Waals surface area contributed by atoms with E-state index in [-0.39, 0.29) is 40.5 Å². The molecule has 14 nitrogen and oxygen atoms in total. The number of piperidine rings is 2. The van der Waals surface area contributed by atoms with Crippen molar-refractivity contribution in [3.63, 3.8) is 0 Å². The number of rotatable bonds is 7. The second kappa shape index (κ2) is 13.6. The molecule has 1 aromatic heterocycles. The molecule has 3 aromatic carbocycles. The van der Waals surface area contributed by atoms with Crippen LogP contribution < -0.4 is 48.3 Å². The highest BCUT2D eigenvalue weighted by molar-refractivity contribution is 6.34. The van der Waals surface area contributed by atoms with Gasteiger partial charge in [0.2, 0.25) is 17.8 Å². The first-order valence-electron chi connectivity index (χ1n) is 16.4. The molecule has 1 amide bonds. The molecule has 0 unspecified atom stereocenters. The molecule has 7 rings (SSSR count). The summed E-state index contributed by atoms with van der Waals surface area (Å²) in [6, 6.07) is 18.0. The van der Waals surface area contributed by atoms with Gasteiger partial charge in [-0.2, -0.15) is 15.0 Å². The van der Waals surface area contributed by atoms with Crippen molar-refractivity contribution in [1.82, 2.24) is 15.0 Å². The summed E-state index contributed by atoms with van der Waals surface area (Å²) in [4.78, 5) is 33.5. The first kappa shape index (κ1) is 32.8. The number of hydrogen-bond donors (Lipinski definition) is 7. The summed E-state index contributed by atoms with van der Waals surface area (Å²) in [5, 5.41) is 17.1. The average molecular weight is 685 g/mol. The number of nitrogens with two attached hydrogens (primary N) is 4. The van der Waals surface area contributed by atoms with E-state index >= 15 is 0 Å². The number of benzene rings is 3. The Bertz CT molecular complexity index is 1770. The Morgan fingerprint density at radius 2 is 1.33 bits per heavy atom. The van der Waals surface area contributed by atoms with Gasteiger partial charge in [-0.05, 0) is 54.3 Å². The van der Waals surface area contributed by atoms with Crippen molar-refractivity contribution in [1.29, 1.82) is 0 Å². The van der Waals surface area contributed by atoms with E-state index in [1.54, 1.807) is 30.3 Å². The lowest BCUT2D eigenvalue weighted by Gasteiger charge is -2.37. The third-order valence-corrected chi connectivity index (χ3v) is 9.43. The minimum Gasteiger partial charge on any atom is -0.507 e. The molecule has 4 aromatic rings. The van der Waals surface area contributed by atoms with Gasteiger partial charge in [0.05, 0.1) is 16.3 Å². The molecule has 256 valence electrons. The van der Waals surface area contributed by atoms with Crippen molar-refractivity contribution in [2.24, 2.45) is 22.9 Å². The standard InChI is InChI=1S/C34H41ClN12O2/c35-28-11-25(5-8-29(28)41-31(49)27-7-6-26(12-30(27)48)45-13-19-3-1-2-4-20(19)14-45)40-32-42-33(46-15-21(36)9-22(37)16-46)44-34(43-32)47-17-23(38)10-24(39)18-47/h1-8,11-12,21-24,48H,9-10,13-18,36-39H2,(H,41,49)(H,40,42,43,44)/t21-,22+,23-,24+. The molecule has 3 aliphatic rings. The van der Waals surface area contributed by atoms with Crippen molar-refractivity contribution in [2.75, 3.05) is 51.5 Å². The number of fused-ring (bicyclic) bond motifs is 1. The van der Waals surface area contributed by atoms with E-state index in [2.05, 4.69) is 27.7 Å². The fourth-order valence-corrected chi connectivity index (χ4v) is 7.04. The van der Waals surface area contributed by atoms with Crippen LogP contribution in [0.2, 0.25) is 5.02 Å². The van der Waals surface area contributed by atoms with Crippen LogP contribution in [0.25, 0.3) is 0 Å². The molecule has 4 atom stereocenters. The van der Waals surface area contributed by atoms with Gasteiger partial charge in [0.1, 0.15) is 5.75 Å². The summed E-state index contributed by atoms with van der Waals surface area (Å²) in [7, 11) is 0.